The Bertz CT molecular complexity index is 640. The number of carboxylic acids is 1. The topological polar surface area (TPSA) is 93.5 Å². The molecule has 0 unspecified atom stereocenters. The zero-order valence-electron chi connectivity index (χ0n) is 10.5. The first-order chi connectivity index (χ1) is 9.65. The zero-order chi connectivity index (χ0) is 14.4. The molecule has 0 amide bonds. The predicted octanol–water partition coefficient (Wildman–Crippen LogP) is 0.369. The van der Waals surface area contributed by atoms with Crippen LogP contribution in [0.4, 0.5) is 5.82 Å². The third-order valence-corrected chi connectivity index (χ3v) is 2.41. The summed E-state index contributed by atoms with van der Waals surface area (Å²) in [5, 5.41) is 11.0. The fourth-order valence-corrected chi connectivity index (χ4v) is 1.47. The second kappa shape index (κ2) is 6.37. The molecule has 0 bridgehead atoms. The van der Waals surface area contributed by atoms with Crippen molar-refractivity contribution in [2.24, 2.45) is 0 Å². The quantitative estimate of drug-likeness (QED) is 0.791. The largest absolute Gasteiger partial charge is 0.480 e. The molecule has 2 rings (SSSR count). The van der Waals surface area contributed by atoms with Crippen LogP contribution in [-0.4, -0.2) is 27.3 Å². The van der Waals surface area contributed by atoms with E-state index in [0.717, 1.165) is 10.3 Å². The summed E-state index contributed by atoms with van der Waals surface area (Å²) in [4.78, 5) is 31.0. The highest BCUT2D eigenvalue weighted by molar-refractivity contribution is 5.72. The van der Waals surface area contributed by atoms with E-state index in [1.54, 1.807) is 0 Å². The Balaban J connectivity index is 1.99. The molecular formula is C13H13N3O4. The van der Waals surface area contributed by atoms with Crippen LogP contribution in [0.5, 0.6) is 0 Å². The molecule has 1 aromatic carbocycles. The summed E-state index contributed by atoms with van der Waals surface area (Å²) in [6.07, 6.45) is 1.39. The van der Waals surface area contributed by atoms with Gasteiger partial charge in [0.05, 0.1) is 6.20 Å². The van der Waals surface area contributed by atoms with Crippen molar-refractivity contribution in [1.82, 2.24) is 9.71 Å². The molecule has 0 fully saturated rings. The highest BCUT2D eigenvalue weighted by Gasteiger charge is 2.03. The number of carbonyl (C=O) groups is 1. The van der Waals surface area contributed by atoms with Crippen LogP contribution in [0.1, 0.15) is 5.56 Å². The molecule has 0 radical (unpaired) electrons. The number of nitrogens with one attached hydrogen (secondary N) is 1. The Morgan fingerprint density at radius 3 is 2.70 bits per heavy atom. The van der Waals surface area contributed by atoms with Gasteiger partial charge in [-0.05, 0) is 5.56 Å². The lowest BCUT2D eigenvalue weighted by Gasteiger charge is -2.08. The first kappa shape index (κ1) is 13.6. The van der Waals surface area contributed by atoms with Crippen molar-refractivity contribution in [3.8, 4) is 0 Å². The molecule has 0 saturated heterocycles. The molecule has 104 valence electrons. The SMILES string of the molecule is O=C(O)CNc1ccn(OCc2ccccc2)c(=O)n1. The molecule has 1 aromatic heterocycles. The fourth-order valence-electron chi connectivity index (χ4n) is 1.47. The maximum absolute atomic E-state index is 11.6. The number of nitrogens with zero attached hydrogens (tertiary/aromatic N) is 2. The van der Waals surface area contributed by atoms with E-state index in [1.165, 1.54) is 12.3 Å². The van der Waals surface area contributed by atoms with E-state index < -0.39 is 11.7 Å². The van der Waals surface area contributed by atoms with Crippen LogP contribution in [0.25, 0.3) is 0 Å². The molecule has 2 N–H and O–H groups in total. The minimum atomic E-state index is -1.03. The van der Waals surface area contributed by atoms with Crippen LogP contribution in [0.15, 0.2) is 47.4 Å². The molecule has 2 aromatic rings. The molecule has 0 aliphatic carbocycles. The Morgan fingerprint density at radius 1 is 1.30 bits per heavy atom. The van der Waals surface area contributed by atoms with E-state index in [0.29, 0.717) is 0 Å². The van der Waals surface area contributed by atoms with Gasteiger partial charge in [0.15, 0.2) is 0 Å². The molecule has 0 saturated carbocycles. The van der Waals surface area contributed by atoms with Crippen LogP contribution in [-0.2, 0) is 11.4 Å². The maximum atomic E-state index is 11.6. The summed E-state index contributed by atoms with van der Waals surface area (Å²) in [7, 11) is 0. The van der Waals surface area contributed by atoms with Gasteiger partial charge in [-0.15, -0.1) is 4.73 Å². The van der Waals surface area contributed by atoms with E-state index in [2.05, 4.69) is 10.3 Å². The van der Waals surface area contributed by atoms with Crippen molar-refractivity contribution < 1.29 is 14.7 Å². The fraction of sp³-hybridized carbons (Fsp3) is 0.154. The van der Waals surface area contributed by atoms with E-state index in [1.807, 2.05) is 30.3 Å². The average Bonchev–Trinajstić information content (AvgIpc) is 2.45. The monoisotopic (exact) mass is 275 g/mol. The molecular weight excluding hydrogens is 262 g/mol. The van der Waals surface area contributed by atoms with Gasteiger partial charge in [-0.3, -0.25) is 4.79 Å². The number of rotatable bonds is 6. The van der Waals surface area contributed by atoms with Gasteiger partial charge in [0.2, 0.25) is 0 Å². The molecule has 0 aliphatic heterocycles. The van der Waals surface area contributed by atoms with Gasteiger partial charge in [-0.1, -0.05) is 30.3 Å². The molecule has 1 heterocycles. The lowest BCUT2D eigenvalue weighted by atomic mass is 10.2. The van der Waals surface area contributed by atoms with Crippen molar-refractivity contribution in [3.05, 3.63) is 58.6 Å². The summed E-state index contributed by atoms with van der Waals surface area (Å²) in [5.74, 6) is -0.840. The number of aromatic nitrogens is 2. The normalized spacial score (nSPS) is 10.0. The minimum Gasteiger partial charge on any atom is -0.480 e. The minimum absolute atomic E-state index is 0.192. The van der Waals surface area contributed by atoms with Crippen LogP contribution >= 0.6 is 0 Å². The molecule has 7 nitrogen and oxygen atoms in total. The van der Waals surface area contributed by atoms with Crippen LogP contribution in [0.2, 0.25) is 0 Å². The summed E-state index contributed by atoms with van der Waals surface area (Å²) >= 11 is 0. The van der Waals surface area contributed by atoms with E-state index in [4.69, 9.17) is 9.94 Å². The van der Waals surface area contributed by atoms with E-state index >= 15 is 0 Å². The van der Waals surface area contributed by atoms with Gasteiger partial charge in [-0.2, -0.15) is 4.98 Å². The van der Waals surface area contributed by atoms with Gasteiger partial charge in [0.25, 0.3) is 0 Å². The van der Waals surface area contributed by atoms with Gasteiger partial charge in [-0.25, -0.2) is 4.79 Å². The van der Waals surface area contributed by atoms with Gasteiger partial charge in [0, 0.05) is 6.07 Å². The highest BCUT2D eigenvalue weighted by atomic mass is 16.7. The lowest BCUT2D eigenvalue weighted by molar-refractivity contribution is -0.134. The summed E-state index contributed by atoms with van der Waals surface area (Å²) in [6, 6.07) is 10.9. The second-order valence-corrected chi connectivity index (χ2v) is 3.93. The Hall–Kier alpha value is -2.83. The summed E-state index contributed by atoms with van der Waals surface area (Å²) < 4.78 is 0.999. The van der Waals surface area contributed by atoms with Crippen molar-refractivity contribution in [2.75, 3.05) is 11.9 Å². The van der Waals surface area contributed by atoms with E-state index in [-0.39, 0.29) is 19.0 Å². The van der Waals surface area contributed by atoms with Crippen LogP contribution in [0.3, 0.4) is 0 Å². The van der Waals surface area contributed by atoms with E-state index in [9.17, 15) is 9.59 Å². The van der Waals surface area contributed by atoms with Gasteiger partial charge in [0.1, 0.15) is 19.0 Å². The zero-order valence-corrected chi connectivity index (χ0v) is 10.5. The third-order valence-electron chi connectivity index (χ3n) is 2.41. The molecule has 0 atom stereocenters. The number of carboxylic acid groups (broad SMARTS) is 1. The Kier molecular flexibility index (Phi) is 4.33. The Morgan fingerprint density at radius 2 is 2.05 bits per heavy atom. The first-order valence-corrected chi connectivity index (χ1v) is 5.88. The van der Waals surface area contributed by atoms with Gasteiger partial charge < -0.3 is 15.3 Å². The number of aliphatic carboxylic acids is 1. The number of hydrogen-bond donors (Lipinski definition) is 2. The predicted molar refractivity (Wildman–Crippen MR) is 71.3 cm³/mol. The standard InChI is InChI=1S/C13H13N3O4/c17-12(18)8-14-11-6-7-16(13(19)15-11)20-9-10-4-2-1-3-5-10/h1-7H,8-9H2,(H,17,18)(H,14,15,19). The molecule has 0 spiro atoms. The Labute approximate surface area is 114 Å². The third kappa shape index (κ3) is 3.84. The first-order valence-electron chi connectivity index (χ1n) is 5.88. The van der Waals surface area contributed by atoms with Crippen molar-refractivity contribution >= 4 is 11.8 Å². The van der Waals surface area contributed by atoms with Crippen molar-refractivity contribution in [3.63, 3.8) is 0 Å². The summed E-state index contributed by atoms with van der Waals surface area (Å²) in [5.41, 5.74) is 0.309. The second-order valence-electron chi connectivity index (χ2n) is 3.93. The lowest BCUT2D eigenvalue weighted by Crippen LogP contribution is -2.29. The number of anilines is 1. The van der Waals surface area contributed by atoms with Crippen LogP contribution in [0, 0.1) is 0 Å². The number of hydrogen-bond acceptors (Lipinski definition) is 5. The molecule has 7 heteroatoms. The maximum Gasteiger partial charge on any atom is 0.382 e. The van der Waals surface area contributed by atoms with Crippen molar-refractivity contribution in [1.29, 1.82) is 0 Å². The highest BCUT2D eigenvalue weighted by Crippen LogP contribution is 1.99. The molecule has 0 aliphatic rings. The smallest absolute Gasteiger partial charge is 0.382 e. The molecule has 20 heavy (non-hydrogen) atoms. The number of benzene rings is 1. The average molecular weight is 275 g/mol. The van der Waals surface area contributed by atoms with Crippen LogP contribution < -0.4 is 15.8 Å². The summed E-state index contributed by atoms with van der Waals surface area (Å²) in [6.45, 7) is -0.0638. The van der Waals surface area contributed by atoms with Gasteiger partial charge >= 0.3 is 11.7 Å². The van der Waals surface area contributed by atoms with Crippen molar-refractivity contribution in [2.45, 2.75) is 6.61 Å².